The van der Waals surface area contributed by atoms with Crippen molar-refractivity contribution in [3.8, 4) is 0 Å². The van der Waals surface area contributed by atoms with E-state index in [1.807, 2.05) is 26.4 Å². The molecular formula is C17H28N2O2. The molecule has 4 nitrogen and oxygen atoms in total. The van der Waals surface area contributed by atoms with Crippen LogP contribution in [0.15, 0.2) is 18.3 Å². The molecular weight excluding hydrogens is 264 g/mol. The molecule has 0 unspecified atom stereocenters. The summed E-state index contributed by atoms with van der Waals surface area (Å²) in [5.74, 6) is -0.678. The molecule has 1 aromatic heterocycles. The number of aryl methyl sites for hydroxylation is 1. The molecule has 1 rings (SSSR count). The van der Waals surface area contributed by atoms with Gasteiger partial charge in [-0.15, -0.1) is 0 Å². The fraction of sp³-hybridized carbons (Fsp3) is 0.647. The molecule has 21 heavy (non-hydrogen) atoms. The number of anilines is 1. The molecule has 0 aliphatic carbocycles. The van der Waals surface area contributed by atoms with E-state index in [0.717, 1.165) is 25.7 Å². The molecule has 0 saturated carbocycles. The minimum Gasteiger partial charge on any atom is -0.481 e. The van der Waals surface area contributed by atoms with E-state index >= 15 is 0 Å². The first-order chi connectivity index (χ1) is 10.1. The summed E-state index contributed by atoms with van der Waals surface area (Å²) >= 11 is 0. The SMILES string of the molecule is CN(C)c1ccnc(CCCCCCCCCC(=O)O)c1. The molecule has 0 aliphatic heterocycles. The lowest BCUT2D eigenvalue weighted by molar-refractivity contribution is -0.137. The third kappa shape index (κ3) is 8.33. The van der Waals surface area contributed by atoms with Crippen LogP contribution in [0.4, 0.5) is 5.69 Å². The fourth-order valence-corrected chi connectivity index (χ4v) is 2.35. The van der Waals surface area contributed by atoms with Gasteiger partial charge in [-0.1, -0.05) is 32.1 Å². The topological polar surface area (TPSA) is 53.4 Å². The molecule has 118 valence electrons. The largest absolute Gasteiger partial charge is 0.481 e. The minimum atomic E-state index is -0.678. The zero-order chi connectivity index (χ0) is 15.5. The molecule has 1 aromatic rings. The van der Waals surface area contributed by atoms with Crippen molar-refractivity contribution in [3.63, 3.8) is 0 Å². The van der Waals surface area contributed by atoms with Crippen molar-refractivity contribution >= 4 is 11.7 Å². The lowest BCUT2D eigenvalue weighted by Crippen LogP contribution is -2.09. The Morgan fingerprint density at radius 1 is 1.10 bits per heavy atom. The van der Waals surface area contributed by atoms with Gasteiger partial charge in [-0.25, -0.2) is 0 Å². The molecule has 0 bridgehead atoms. The number of aromatic nitrogens is 1. The normalized spacial score (nSPS) is 10.6. The Bertz CT molecular complexity index is 419. The summed E-state index contributed by atoms with van der Waals surface area (Å²) in [5, 5.41) is 8.54. The van der Waals surface area contributed by atoms with E-state index in [-0.39, 0.29) is 0 Å². The second-order valence-corrected chi connectivity index (χ2v) is 5.77. The summed E-state index contributed by atoms with van der Waals surface area (Å²) in [7, 11) is 4.09. The molecule has 0 atom stereocenters. The predicted octanol–water partition coefficient (Wildman–Crippen LogP) is 3.90. The Labute approximate surface area is 128 Å². The fourth-order valence-electron chi connectivity index (χ4n) is 2.35. The predicted molar refractivity (Wildman–Crippen MR) is 86.8 cm³/mol. The molecule has 0 radical (unpaired) electrons. The van der Waals surface area contributed by atoms with Gasteiger partial charge >= 0.3 is 5.97 Å². The van der Waals surface area contributed by atoms with Crippen LogP contribution < -0.4 is 4.90 Å². The highest BCUT2D eigenvalue weighted by atomic mass is 16.4. The maximum absolute atomic E-state index is 10.4. The Hall–Kier alpha value is -1.58. The van der Waals surface area contributed by atoms with Crippen molar-refractivity contribution in [2.45, 2.75) is 57.8 Å². The van der Waals surface area contributed by atoms with Gasteiger partial charge in [0, 0.05) is 38.1 Å². The summed E-state index contributed by atoms with van der Waals surface area (Å²) in [6, 6.07) is 4.19. The van der Waals surface area contributed by atoms with Crippen molar-refractivity contribution < 1.29 is 9.90 Å². The molecule has 4 heteroatoms. The van der Waals surface area contributed by atoms with Crippen LogP contribution in [0, 0.1) is 0 Å². The summed E-state index contributed by atoms with van der Waals surface area (Å²) in [4.78, 5) is 16.9. The zero-order valence-corrected chi connectivity index (χ0v) is 13.3. The van der Waals surface area contributed by atoms with Gasteiger partial charge < -0.3 is 10.0 Å². The van der Waals surface area contributed by atoms with Crippen LogP contribution in [0.2, 0.25) is 0 Å². The van der Waals surface area contributed by atoms with Gasteiger partial charge in [-0.3, -0.25) is 9.78 Å². The van der Waals surface area contributed by atoms with Crippen molar-refractivity contribution in [2.75, 3.05) is 19.0 Å². The first-order valence-corrected chi connectivity index (χ1v) is 7.93. The van der Waals surface area contributed by atoms with E-state index in [4.69, 9.17) is 5.11 Å². The van der Waals surface area contributed by atoms with E-state index in [1.54, 1.807) is 0 Å². The van der Waals surface area contributed by atoms with E-state index in [2.05, 4.69) is 16.0 Å². The molecule has 1 N–H and O–H groups in total. The number of carbonyl (C=O) groups is 1. The average molecular weight is 292 g/mol. The van der Waals surface area contributed by atoms with Gasteiger partial charge in [-0.2, -0.15) is 0 Å². The number of carboxylic acid groups (broad SMARTS) is 1. The smallest absolute Gasteiger partial charge is 0.303 e. The number of rotatable bonds is 11. The maximum atomic E-state index is 10.4. The quantitative estimate of drug-likeness (QED) is 0.629. The monoisotopic (exact) mass is 292 g/mol. The first kappa shape index (κ1) is 17.5. The Morgan fingerprint density at radius 3 is 2.33 bits per heavy atom. The zero-order valence-electron chi connectivity index (χ0n) is 13.3. The third-order valence-electron chi connectivity index (χ3n) is 3.64. The van der Waals surface area contributed by atoms with Gasteiger partial charge in [0.2, 0.25) is 0 Å². The van der Waals surface area contributed by atoms with Crippen LogP contribution in [0.5, 0.6) is 0 Å². The number of hydrogen-bond donors (Lipinski definition) is 1. The van der Waals surface area contributed by atoms with Crippen molar-refractivity contribution in [1.29, 1.82) is 0 Å². The van der Waals surface area contributed by atoms with Gasteiger partial charge in [0.05, 0.1) is 0 Å². The highest BCUT2D eigenvalue weighted by molar-refractivity contribution is 5.66. The van der Waals surface area contributed by atoms with Gasteiger partial charge in [0.25, 0.3) is 0 Å². The summed E-state index contributed by atoms with van der Waals surface area (Å²) in [6.07, 6.45) is 11.1. The minimum absolute atomic E-state index is 0.313. The van der Waals surface area contributed by atoms with E-state index in [0.29, 0.717) is 6.42 Å². The molecule has 1 heterocycles. The summed E-state index contributed by atoms with van der Waals surface area (Å²) in [5.41, 5.74) is 2.38. The van der Waals surface area contributed by atoms with Crippen molar-refractivity contribution in [1.82, 2.24) is 4.98 Å². The van der Waals surface area contributed by atoms with Crippen LogP contribution in [-0.2, 0) is 11.2 Å². The number of hydrogen-bond acceptors (Lipinski definition) is 3. The standard InChI is InChI=1S/C17H28N2O2/c1-19(2)16-12-13-18-15(14-16)10-8-6-4-3-5-7-9-11-17(20)21/h12-14H,3-11H2,1-2H3,(H,20,21). The maximum Gasteiger partial charge on any atom is 0.303 e. The van der Waals surface area contributed by atoms with Crippen LogP contribution in [0.25, 0.3) is 0 Å². The number of nitrogens with zero attached hydrogens (tertiary/aromatic N) is 2. The number of unbranched alkanes of at least 4 members (excludes halogenated alkanes) is 6. The molecule has 0 aromatic carbocycles. The highest BCUT2D eigenvalue weighted by Gasteiger charge is 2.00. The lowest BCUT2D eigenvalue weighted by atomic mass is 10.1. The Kier molecular flexibility index (Phi) is 8.48. The van der Waals surface area contributed by atoms with E-state index in [9.17, 15) is 4.79 Å². The number of aliphatic carboxylic acids is 1. The van der Waals surface area contributed by atoms with Gasteiger partial charge in [-0.05, 0) is 31.4 Å². The number of pyridine rings is 1. The summed E-state index contributed by atoms with van der Waals surface area (Å²) < 4.78 is 0. The van der Waals surface area contributed by atoms with Gasteiger partial charge in [0.1, 0.15) is 0 Å². The van der Waals surface area contributed by atoms with Crippen LogP contribution in [0.1, 0.15) is 57.1 Å². The van der Waals surface area contributed by atoms with Crippen molar-refractivity contribution in [2.24, 2.45) is 0 Å². The van der Waals surface area contributed by atoms with Crippen LogP contribution in [0.3, 0.4) is 0 Å². The Morgan fingerprint density at radius 2 is 1.71 bits per heavy atom. The number of carboxylic acids is 1. The van der Waals surface area contributed by atoms with E-state index < -0.39 is 5.97 Å². The second kappa shape index (κ2) is 10.2. The van der Waals surface area contributed by atoms with Crippen LogP contribution in [-0.4, -0.2) is 30.2 Å². The average Bonchev–Trinajstić information content (AvgIpc) is 2.45. The molecule has 0 aliphatic rings. The Balaban J connectivity index is 2.04. The third-order valence-corrected chi connectivity index (χ3v) is 3.64. The second-order valence-electron chi connectivity index (χ2n) is 5.77. The van der Waals surface area contributed by atoms with Crippen LogP contribution >= 0.6 is 0 Å². The summed E-state index contributed by atoms with van der Waals surface area (Å²) in [6.45, 7) is 0. The highest BCUT2D eigenvalue weighted by Crippen LogP contribution is 2.14. The molecule has 0 fully saturated rings. The molecule has 0 spiro atoms. The van der Waals surface area contributed by atoms with E-state index in [1.165, 1.54) is 37.1 Å². The molecule has 0 saturated heterocycles. The first-order valence-electron chi connectivity index (χ1n) is 7.93. The molecule has 0 amide bonds. The van der Waals surface area contributed by atoms with Gasteiger partial charge in [0.15, 0.2) is 0 Å². The lowest BCUT2D eigenvalue weighted by Gasteiger charge is -2.12. The van der Waals surface area contributed by atoms with Crippen molar-refractivity contribution in [3.05, 3.63) is 24.0 Å².